The van der Waals surface area contributed by atoms with Crippen molar-refractivity contribution in [2.24, 2.45) is 5.92 Å². The highest BCUT2D eigenvalue weighted by Crippen LogP contribution is 2.35. The Labute approximate surface area is 160 Å². The third kappa shape index (κ3) is 3.68. The number of hydrogen-bond donors (Lipinski definition) is 0. The van der Waals surface area contributed by atoms with Crippen molar-refractivity contribution in [2.75, 3.05) is 6.79 Å². The molecule has 0 saturated carbocycles. The highest BCUT2D eigenvalue weighted by atomic mass is 32.1. The summed E-state index contributed by atoms with van der Waals surface area (Å²) >= 11 is 1.48. The van der Waals surface area contributed by atoms with Crippen LogP contribution in [-0.2, 0) is 35.5 Å². The van der Waals surface area contributed by atoms with Crippen LogP contribution in [0.2, 0.25) is 0 Å². The van der Waals surface area contributed by atoms with Gasteiger partial charge < -0.3 is 14.2 Å². The van der Waals surface area contributed by atoms with E-state index in [2.05, 4.69) is 6.92 Å². The van der Waals surface area contributed by atoms with Crippen LogP contribution in [0.4, 0.5) is 5.69 Å². The summed E-state index contributed by atoms with van der Waals surface area (Å²) in [4.78, 5) is 25.0. The number of hydrogen-bond acceptors (Lipinski definition) is 7. The highest BCUT2D eigenvalue weighted by molar-refractivity contribution is 7.14. The summed E-state index contributed by atoms with van der Waals surface area (Å²) in [5.41, 5.74) is 2.22. The summed E-state index contributed by atoms with van der Waals surface area (Å²) in [5, 5.41) is 11.2. The number of fused-ring (bicyclic) bond motifs is 2. The topological polar surface area (TPSA) is 87.9 Å². The fourth-order valence-electron chi connectivity index (χ4n) is 3.51. The molecule has 0 fully saturated rings. The Kier molecular flexibility index (Phi) is 4.84. The molecule has 1 atom stereocenters. The van der Waals surface area contributed by atoms with Crippen LogP contribution in [0.25, 0.3) is 0 Å². The lowest BCUT2D eigenvalue weighted by Gasteiger charge is -2.20. The van der Waals surface area contributed by atoms with Crippen LogP contribution in [0.15, 0.2) is 18.2 Å². The van der Waals surface area contributed by atoms with Crippen molar-refractivity contribution >= 4 is 23.0 Å². The predicted octanol–water partition coefficient (Wildman–Crippen LogP) is 4.00. The van der Waals surface area contributed by atoms with Crippen molar-refractivity contribution in [2.45, 2.75) is 39.4 Å². The molecule has 0 spiro atoms. The second-order valence-corrected chi connectivity index (χ2v) is 8.08. The van der Waals surface area contributed by atoms with E-state index in [1.165, 1.54) is 33.9 Å². The Hall–Kier alpha value is -2.45. The fraction of sp³-hybridized carbons (Fsp3) is 0.421. The average molecular weight is 389 g/mol. The van der Waals surface area contributed by atoms with E-state index in [0.29, 0.717) is 27.7 Å². The minimum Gasteiger partial charge on any atom is -0.467 e. The maximum Gasteiger partial charge on any atom is 0.348 e. The molecule has 1 aromatic carbocycles. The number of nitro groups is 1. The molecule has 0 amide bonds. The number of thiophene rings is 1. The zero-order chi connectivity index (χ0) is 19.0. The van der Waals surface area contributed by atoms with Gasteiger partial charge >= 0.3 is 5.97 Å². The molecule has 0 unspecified atom stereocenters. The molecule has 8 heteroatoms. The van der Waals surface area contributed by atoms with Gasteiger partial charge in [-0.05, 0) is 36.8 Å². The number of benzene rings is 1. The first-order valence-corrected chi connectivity index (χ1v) is 9.62. The van der Waals surface area contributed by atoms with Crippen LogP contribution < -0.4 is 4.74 Å². The Bertz CT molecular complexity index is 906. The first kappa shape index (κ1) is 17.9. The van der Waals surface area contributed by atoms with Crippen LogP contribution in [0.5, 0.6) is 5.75 Å². The summed E-state index contributed by atoms with van der Waals surface area (Å²) in [6, 6.07) is 4.73. The van der Waals surface area contributed by atoms with E-state index in [0.717, 1.165) is 19.3 Å². The molecule has 1 aliphatic carbocycles. The minimum atomic E-state index is -0.477. The molecule has 7 nitrogen and oxygen atoms in total. The van der Waals surface area contributed by atoms with Crippen molar-refractivity contribution in [3.05, 3.63) is 54.8 Å². The standard InChI is InChI=1S/C19H19NO6S/c1-11-2-3-16-12(4-11)7-17(27-16)19(21)25-9-14-6-15(20(22)23)5-13-8-24-10-26-18(13)14/h5-7,11H,2-4,8-10H2,1H3/t11-/m1/s1. The number of ether oxygens (including phenoxy) is 3. The summed E-state index contributed by atoms with van der Waals surface area (Å²) in [6.45, 7) is 2.44. The van der Waals surface area contributed by atoms with Crippen LogP contribution in [0, 0.1) is 16.0 Å². The van der Waals surface area contributed by atoms with Crippen LogP contribution in [0.1, 0.15) is 44.6 Å². The second kappa shape index (κ2) is 7.28. The molecule has 0 N–H and O–H groups in total. The lowest BCUT2D eigenvalue weighted by atomic mass is 9.90. The van der Waals surface area contributed by atoms with Crippen molar-refractivity contribution in [1.29, 1.82) is 0 Å². The monoisotopic (exact) mass is 389 g/mol. The molecule has 0 bridgehead atoms. The number of nitro benzene ring substituents is 1. The molecule has 2 aliphatic rings. The van der Waals surface area contributed by atoms with E-state index in [4.69, 9.17) is 14.2 Å². The van der Waals surface area contributed by atoms with Gasteiger partial charge in [-0.25, -0.2) is 4.79 Å². The van der Waals surface area contributed by atoms with Crippen LogP contribution in [0.3, 0.4) is 0 Å². The third-order valence-corrected chi connectivity index (χ3v) is 6.09. The van der Waals surface area contributed by atoms with Gasteiger partial charge in [0.25, 0.3) is 5.69 Å². The molecule has 0 saturated heterocycles. The van der Waals surface area contributed by atoms with Gasteiger partial charge in [-0.3, -0.25) is 10.1 Å². The van der Waals surface area contributed by atoms with Crippen LogP contribution >= 0.6 is 11.3 Å². The number of nitrogens with zero attached hydrogens (tertiary/aromatic N) is 1. The maximum absolute atomic E-state index is 12.5. The number of aryl methyl sites for hydroxylation is 1. The number of carbonyl (C=O) groups excluding carboxylic acids is 1. The molecule has 142 valence electrons. The van der Waals surface area contributed by atoms with Crippen molar-refractivity contribution in [3.8, 4) is 5.75 Å². The number of rotatable bonds is 4. The van der Waals surface area contributed by atoms with E-state index in [1.807, 2.05) is 6.07 Å². The third-order valence-electron chi connectivity index (χ3n) is 4.87. The molecule has 2 aromatic rings. The zero-order valence-corrected chi connectivity index (χ0v) is 15.7. The Morgan fingerprint density at radius 2 is 2.22 bits per heavy atom. The fourth-order valence-corrected chi connectivity index (χ4v) is 4.62. The van der Waals surface area contributed by atoms with Gasteiger partial charge in [-0.1, -0.05) is 6.92 Å². The second-order valence-electron chi connectivity index (χ2n) is 6.94. The summed E-state index contributed by atoms with van der Waals surface area (Å²) in [5.74, 6) is 0.722. The van der Waals surface area contributed by atoms with Crippen molar-refractivity contribution in [1.82, 2.24) is 0 Å². The van der Waals surface area contributed by atoms with Gasteiger partial charge in [-0.15, -0.1) is 11.3 Å². The quantitative estimate of drug-likeness (QED) is 0.446. The predicted molar refractivity (Wildman–Crippen MR) is 98.0 cm³/mol. The lowest BCUT2D eigenvalue weighted by molar-refractivity contribution is -0.385. The van der Waals surface area contributed by atoms with Crippen molar-refractivity contribution in [3.63, 3.8) is 0 Å². The molecule has 1 aromatic heterocycles. The van der Waals surface area contributed by atoms with Crippen molar-refractivity contribution < 1.29 is 23.9 Å². The normalized spacial score (nSPS) is 18.2. The summed E-state index contributed by atoms with van der Waals surface area (Å²) in [7, 11) is 0. The minimum absolute atomic E-state index is 0.0710. The average Bonchev–Trinajstić information content (AvgIpc) is 3.08. The number of non-ortho nitro benzene ring substituents is 1. The highest BCUT2D eigenvalue weighted by Gasteiger charge is 2.24. The molecule has 2 heterocycles. The molecule has 27 heavy (non-hydrogen) atoms. The van der Waals surface area contributed by atoms with E-state index >= 15 is 0 Å². The summed E-state index contributed by atoms with van der Waals surface area (Å²) in [6.07, 6.45) is 3.13. The summed E-state index contributed by atoms with van der Waals surface area (Å²) < 4.78 is 16.1. The molecular formula is C19H19NO6S. The maximum atomic E-state index is 12.5. The Morgan fingerprint density at radius 3 is 3.04 bits per heavy atom. The Morgan fingerprint density at radius 1 is 1.37 bits per heavy atom. The molecular weight excluding hydrogens is 370 g/mol. The van der Waals surface area contributed by atoms with Gasteiger partial charge in [0.2, 0.25) is 0 Å². The zero-order valence-electron chi connectivity index (χ0n) is 14.9. The SMILES string of the molecule is C[C@@H]1CCc2sc(C(=O)OCc3cc([N+](=O)[O-])cc4c3OCOC4)cc2C1. The molecule has 4 rings (SSSR count). The Balaban J connectivity index is 1.52. The lowest BCUT2D eigenvalue weighted by Crippen LogP contribution is -2.14. The number of carbonyl (C=O) groups is 1. The number of esters is 1. The van der Waals surface area contributed by atoms with E-state index in [-0.39, 0.29) is 25.7 Å². The van der Waals surface area contributed by atoms with Gasteiger partial charge in [-0.2, -0.15) is 0 Å². The molecule has 0 radical (unpaired) electrons. The van der Waals surface area contributed by atoms with E-state index in [9.17, 15) is 14.9 Å². The largest absolute Gasteiger partial charge is 0.467 e. The van der Waals surface area contributed by atoms with E-state index < -0.39 is 10.9 Å². The van der Waals surface area contributed by atoms with Gasteiger partial charge in [0.1, 0.15) is 17.2 Å². The first-order valence-electron chi connectivity index (χ1n) is 8.80. The van der Waals surface area contributed by atoms with Gasteiger partial charge in [0.15, 0.2) is 6.79 Å². The van der Waals surface area contributed by atoms with Gasteiger partial charge in [0, 0.05) is 28.1 Å². The molecule has 1 aliphatic heterocycles. The smallest absolute Gasteiger partial charge is 0.348 e. The van der Waals surface area contributed by atoms with Crippen LogP contribution in [-0.4, -0.2) is 17.7 Å². The first-order chi connectivity index (χ1) is 13.0. The van der Waals surface area contributed by atoms with Gasteiger partial charge in [0.05, 0.1) is 11.5 Å². The van der Waals surface area contributed by atoms with E-state index in [1.54, 1.807) is 0 Å².